The van der Waals surface area contributed by atoms with Crippen LogP contribution in [0.5, 0.6) is 0 Å². The van der Waals surface area contributed by atoms with Crippen LogP contribution in [0.4, 0.5) is 0 Å². The number of guanidine groups is 1. The smallest absolute Gasteiger partial charge is 0.309 e. The maximum Gasteiger partial charge on any atom is 0.309 e. The first-order valence-electron chi connectivity index (χ1n) is 8.90. The monoisotopic (exact) mass is 342 g/mol. The molecule has 1 aliphatic rings. The van der Waals surface area contributed by atoms with E-state index in [1.807, 2.05) is 19.1 Å². The minimum Gasteiger partial charge on any atom is -0.466 e. The van der Waals surface area contributed by atoms with Gasteiger partial charge in [-0.1, -0.05) is 18.2 Å². The number of para-hydroxylation sites is 1. The number of esters is 1. The van der Waals surface area contributed by atoms with Crippen molar-refractivity contribution in [2.75, 3.05) is 26.7 Å². The van der Waals surface area contributed by atoms with E-state index in [1.54, 1.807) is 7.05 Å². The van der Waals surface area contributed by atoms with Crippen molar-refractivity contribution in [2.24, 2.45) is 10.9 Å². The molecular formula is C19H26N4O2. The zero-order chi connectivity index (χ0) is 17.6. The molecule has 6 nitrogen and oxygen atoms in total. The van der Waals surface area contributed by atoms with E-state index < -0.39 is 0 Å². The summed E-state index contributed by atoms with van der Waals surface area (Å²) in [5.41, 5.74) is 2.27. The summed E-state index contributed by atoms with van der Waals surface area (Å²) in [6.45, 7) is 4.63. The number of aliphatic imine (C=N–C) groups is 1. The van der Waals surface area contributed by atoms with E-state index in [4.69, 9.17) is 4.74 Å². The lowest BCUT2D eigenvalue weighted by atomic mass is 9.97. The number of carbonyl (C=O) groups excluding carboxylic acids is 1. The van der Waals surface area contributed by atoms with Gasteiger partial charge in [0.05, 0.1) is 19.1 Å². The molecule has 2 N–H and O–H groups in total. The second-order valence-corrected chi connectivity index (χ2v) is 6.30. The minimum absolute atomic E-state index is 0.0167. The second-order valence-electron chi connectivity index (χ2n) is 6.30. The fourth-order valence-electron chi connectivity index (χ4n) is 3.32. The second kappa shape index (κ2) is 8.05. The molecule has 0 saturated carbocycles. The summed E-state index contributed by atoms with van der Waals surface area (Å²) < 4.78 is 5.13. The first kappa shape index (κ1) is 17.3. The van der Waals surface area contributed by atoms with E-state index in [0.717, 1.165) is 43.1 Å². The highest BCUT2D eigenvalue weighted by atomic mass is 16.5. The highest BCUT2D eigenvalue weighted by molar-refractivity contribution is 5.82. The predicted octanol–water partition coefficient (Wildman–Crippen LogP) is 2.52. The maximum absolute atomic E-state index is 11.8. The van der Waals surface area contributed by atoms with Crippen molar-refractivity contribution in [3.8, 4) is 0 Å². The molecular weight excluding hydrogens is 316 g/mol. The van der Waals surface area contributed by atoms with Gasteiger partial charge in [-0.3, -0.25) is 9.79 Å². The number of rotatable bonds is 4. The Morgan fingerprint density at radius 3 is 2.80 bits per heavy atom. The molecule has 1 aliphatic heterocycles. The van der Waals surface area contributed by atoms with Crippen molar-refractivity contribution in [3.05, 3.63) is 36.0 Å². The molecule has 0 radical (unpaired) electrons. The molecule has 0 spiro atoms. The van der Waals surface area contributed by atoms with Crippen LogP contribution in [0, 0.1) is 5.92 Å². The largest absolute Gasteiger partial charge is 0.466 e. The number of nitrogens with one attached hydrogen (secondary N) is 2. The number of likely N-dealkylation sites (tertiary alicyclic amines) is 1. The Hall–Kier alpha value is -2.50. The van der Waals surface area contributed by atoms with Crippen LogP contribution in [-0.4, -0.2) is 48.6 Å². The van der Waals surface area contributed by atoms with Crippen molar-refractivity contribution in [3.63, 3.8) is 0 Å². The molecule has 1 saturated heterocycles. The molecule has 0 amide bonds. The zero-order valence-electron chi connectivity index (χ0n) is 14.9. The van der Waals surface area contributed by atoms with Crippen LogP contribution in [0.15, 0.2) is 35.3 Å². The molecule has 2 aromatic rings. The number of H-pyrrole nitrogens is 1. The van der Waals surface area contributed by atoms with Gasteiger partial charge >= 0.3 is 5.97 Å². The number of piperidine rings is 1. The summed E-state index contributed by atoms with van der Waals surface area (Å²) in [4.78, 5) is 21.9. The zero-order valence-corrected chi connectivity index (χ0v) is 14.9. The number of aromatic amines is 1. The number of fused-ring (bicyclic) bond motifs is 1. The Morgan fingerprint density at radius 2 is 2.12 bits per heavy atom. The molecule has 1 aromatic heterocycles. The molecule has 3 rings (SSSR count). The van der Waals surface area contributed by atoms with Crippen LogP contribution in [0.2, 0.25) is 0 Å². The normalized spacial score (nSPS) is 16.2. The summed E-state index contributed by atoms with van der Waals surface area (Å²) in [5, 5.41) is 4.63. The summed E-state index contributed by atoms with van der Waals surface area (Å²) in [6.07, 6.45) is 1.62. The van der Waals surface area contributed by atoms with Crippen molar-refractivity contribution >= 4 is 22.8 Å². The molecule has 6 heteroatoms. The maximum atomic E-state index is 11.8. The van der Waals surface area contributed by atoms with Gasteiger partial charge < -0.3 is 19.9 Å². The van der Waals surface area contributed by atoms with E-state index in [0.29, 0.717) is 13.2 Å². The minimum atomic E-state index is -0.0665. The highest BCUT2D eigenvalue weighted by Gasteiger charge is 2.27. The third-order valence-electron chi connectivity index (χ3n) is 4.65. The van der Waals surface area contributed by atoms with E-state index in [-0.39, 0.29) is 11.9 Å². The lowest BCUT2D eigenvalue weighted by molar-refractivity contribution is -0.149. The topological polar surface area (TPSA) is 69.7 Å². The van der Waals surface area contributed by atoms with Gasteiger partial charge in [0.25, 0.3) is 0 Å². The number of aromatic nitrogens is 1. The number of ether oxygens (including phenoxy) is 1. The summed E-state index contributed by atoms with van der Waals surface area (Å²) >= 11 is 0. The van der Waals surface area contributed by atoms with E-state index >= 15 is 0 Å². The van der Waals surface area contributed by atoms with Gasteiger partial charge in [0, 0.05) is 31.3 Å². The average Bonchev–Trinajstić information content (AvgIpc) is 3.06. The molecule has 1 aromatic carbocycles. The average molecular weight is 342 g/mol. The lowest BCUT2D eigenvalue weighted by Gasteiger charge is -2.33. The fourth-order valence-corrected chi connectivity index (χ4v) is 3.32. The number of hydrogen-bond donors (Lipinski definition) is 2. The Bertz CT molecular complexity index is 712. The summed E-state index contributed by atoms with van der Waals surface area (Å²) in [6, 6.07) is 10.4. The highest BCUT2D eigenvalue weighted by Crippen LogP contribution is 2.19. The third kappa shape index (κ3) is 4.13. The van der Waals surface area contributed by atoms with Gasteiger partial charge in [0.2, 0.25) is 0 Å². The molecule has 0 unspecified atom stereocenters. The van der Waals surface area contributed by atoms with E-state index in [1.165, 1.54) is 5.39 Å². The predicted molar refractivity (Wildman–Crippen MR) is 99.4 cm³/mol. The summed E-state index contributed by atoms with van der Waals surface area (Å²) in [5.74, 6) is 0.826. The van der Waals surface area contributed by atoms with Gasteiger partial charge in [-0.25, -0.2) is 0 Å². The number of nitrogens with zero attached hydrogens (tertiary/aromatic N) is 2. The molecule has 1 fully saturated rings. The first-order chi connectivity index (χ1) is 12.2. The van der Waals surface area contributed by atoms with E-state index in [2.05, 4.69) is 38.4 Å². The lowest BCUT2D eigenvalue weighted by Crippen LogP contribution is -2.46. The van der Waals surface area contributed by atoms with Crippen LogP contribution >= 0.6 is 0 Å². The van der Waals surface area contributed by atoms with Gasteiger partial charge in [-0.15, -0.1) is 0 Å². The number of carbonyl (C=O) groups is 1. The van der Waals surface area contributed by atoms with Crippen molar-refractivity contribution in [1.82, 2.24) is 15.2 Å². The molecule has 0 atom stereocenters. The van der Waals surface area contributed by atoms with Crippen molar-refractivity contribution in [1.29, 1.82) is 0 Å². The molecule has 134 valence electrons. The molecule has 0 aliphatic carbocycles. The van der Waals surface area contributed by atoms with Crippen LogP contribution in [0.25, 0.3) is 10.9 Å². The van der Waals surface area contributed by atoms with Crippen molar-refractivity contribution in [2.45, 2.75) is 26.3 Å². The Balaban J connectivity index is 1.54. The van der Waals surface area contributed by atoms with Gasteiger partial charge in [0.1, 0.15) is 0 Å². The van der Waals surface area contributed by atoms with Crippen LogP contribution in [0.3, 0.4) is 0 Å². The van der Waals surface area contributed by atoms with Gasteiger partial charge in [0.15, 0.2) is 5.96 Å². The number of hydrogen-bond acceptors (Lipinski definition) is 3. The molecule has 2 heterocycles. The SMILES string of the molecule is CCOC(=O)C1CCN(C(=NC)NCc2cc3ccccc3[nH]2)CC1. The van der Waals surface area contributed by atoms with E-state index in [9.17, 15) is 4.79 Å². The Kier molecular flexibility index (Phi) is 5.58. The Labute approximate surface area is 148 Å². The Morgan fingerprint density at radius 1 is 1.36 bits per heavy atom. The molecule has 0 bridgehead atoms. The van der Waals surface area contributed by atoms with Gasteiger partial charge in [-0.05, 0) is 37.3 Å². The fraction of sp³-hybridized carbons (Fsp3) is 0.474. The first-order valence-corrected chi connectivity index (χ1v) is 8.90. The quantitative estimate of drug-likeness (QED) is 0.509. The summed E-state index contributed by atoms with van der Waals surface area (Å²) in [7, 11) is 1.80. The number of benzene rings is 1. The third-order valence-corrected chi connectivity index (χ3v) is 4.65. The standard InChI is InChI=1S/C19H26N4O2/c1-3-25-18(24)14-8-10-23(11-9-14)19(20-2)21-13-16-12-15-6-4-5-7-17(15)22-16/h4-7,12,14,22H,3,8-11,13H2,1-2H3,(H,20,21). The van der Waals surface area contributed by atoms with Gasteiger partial charge in [-0.2, -0.15) is 0 Å². The molecule has 25 heavy (non-hydrogen) atoms. The van der Waals surface area contributed by atoms with Crippen LogP contribution < -0.4 is 5.32 Å². The van der Waals surface area contributed by atoms with Crippen LogP contribution in [0.1, 0.15) is 25.5 Å². The van der Waals surface area contributed by atoms with Crippen molar-refractivity contribution < 1.29 is 9.53 Å². The van der Waals surface area contributed by atoms with Crippen LogP contribution in [-0.2, 0) is 16.1 Å².